The van der Waals surface area contributed by atoms with Crippen molar-refractivity contribution in [1.29, 1.82) is 0 Å². The quantitative estimate of drug-likeness (QED) is 0.488. The zero-order valence-corrected chi connectivity index (χ0v) is 15.3. The smallest absolute Gasteiger partial charge is 0.366 e. The molecule has 4 aromatic rings. The molecular weight excluding hydrogens is 365 g/mol. The molecule has 6 heteroatoms. The average molecular weight is 382 g/mol. The fourth-order valence-corrected chi connectivity index (χ4v) is 3.51. The number of carbonyl (C=O) groups is 1. The van der Waals surface area contributed by atoms with E-state index in [0.29, 0.717) is 11.3 Å². The first-order valence-corrected chi connectivity index (χ1v) is 8.69. The van der Waals surface area contributed by atoms with E-state index in [1.807, 2.05) is 30.5 Å². The van der Waals surface area contributed by atoms with Crippen molar-refractivity contribution < 1.29 is 18.0 Å². The molecule has 3 aromatic carbocycles. The number of alkyl halides is 3. The average Bonchev–Trinajstić information content (AvgIpc) is 2.94. The van der Waals surface area contributed by atoms with Gasteiger partial charge in [-0.2, -0.15) is 13.2 Å². The summed E-state index contributed by atoms with van der Waals surface area (Å²) < 4.78 is 40.7. The SMILES string of the molecule is Cc1cc2c3cc(C(N)=O)ccc3n(-c3ccc(C(F)(F)F)cc3)c2cc1C. The molecule has 0 bridgehead atoms. The number of rotatable bonds is 2. The van der Waals surface area contributed by atoms with Gasteiger partial charge in [-0.3, -0.25) is 4.79 Å². The predicted molar refractivity (Wildman–Crippen MR) is 104 cm³/mol. The highest BCUT2D eigenvalue weighted by Crippen LogP contribution is 2.35. The van der Waals surface area contributed by atoms with E-state index in [4.69, 9.17) is 5.73 Å². The van der Waals surface area contributed by atoms with Crippen LogP contribution in [-0.4, -0.2) is 10.5 Å². The van der Waals surface area contributed by atoms with Gasteiger partial charge in [0.05, 0.1) is 16.6 Å². The Morgan fingerprint density at radius 1 is 0.857 bits per heavy atom. The fraction of sp³-hybridized carbons (Fsp3) is 0.136. The van der Waals surface area contributed by atoms with Crippen LogP contribution in [0.15, 0.2) is 54.6 Å². The van der Waals surface area contributed by atoms with E-state index in [1.165, 1.54) is 12.1 Å². The Kier molecular flexibility index (Phi) is 3.96. The lowest BCUT2D eigenvalue weighted by Crippen LogP contribution is -2.10. The monoisotopic (exact) mass is 382 g/mol. The molecule has 0 saturated carbocycles. The third-order valence-corrected chi connectivity index (χ3v) is 5.12. The minimum atomic E-state index is -4.39. The molecule has 142 valence electrons. The van der Waals surface area contributed by atoms with Crippen molar-refractivity contribution in [3.8, 4) is 5.69 Å². The van der Waals surface area contributed by atoms with Crippen LogP contribution in [0.1, 0.15) is 27.0 Å². The number of benzene rings is 3. The Labute approximate surface area is 159 Å². The van der Waals surface area contributed by atoms with Crippen LogP contribution < -0.4 is 5.73 Å². The van der Waals surface area contributed by atoms with Gasteiger partial charge in [0.25, 0.3) is 0 Å². The summed E-state index contributed by atoms with van der Waals surface area (Å²) in [5.74, 6) is -0.527. The molecule has 0 unspecified atom stereocenters. The van der Waals surface area contributed by atoms with Crippen molar-refractivity contribution in [2.75, 3.05) is 0 Å². The normalized spacial score (nSPS) is 12.0. The highest BCUT2D eigenvalue weighted by Gasteiger charge is 2.30. The second-order valence-electron chi connectivity index (χ2n) is 6.93. The van der Waals surface area contributed by atoms with Crippen LogP contribution in [0.2, 0.25) is 0 Å². The largest absolute Gasteiger partial charge is 0.416 e. The van der Waals surface area contributed by atoms with Gasteiger partial charge in [0, 0.05) is 22.0 Å². The second-order valence-corrected chi connectivity index (χ2v) is 6.93. The molecule has 28 heavy (non-hydrogen) atoms. The number of hydrogen-bond donors (Lipinski definition) is 1. The van der Waals surface area contributed by atoms with E-state index in [0.717, 1.165) is 45.1 Å². The summed E-state index contributed by atoms with van der Waals surface area (Å²) >= 11 is 0. The Balaban J connectivity index is 2.06. The molecule has 0 radical (unpaired) electrons. The molecule has 0 spiro atoms. The predicted octanol–water partition coefficient (Wildman–Crippen LogP) is 5.52. The molecule has 1 amide bonds. The Bertz CT molecular complexity index is 1240. The second kappa shape index (κ2) is 6.12. The molecular formula is C22H17F3N2O. The van der Waals surface area contributed by atoms with Crippen molar-refractivity contribution in [3.63, 3.8) is 0 Å². The standard InChI is InChI=1S/C22H17F3N2O/c1-12-9-17-18-11-14(21(26)28)3-8-19(18)27(20(17)10-13(12)2)16-6-4-15(5-7-16)22(23,24)25/h3-11H,1-2H3,(H2,26,28). The van der Waals surface area contributed by atoms with Gasteiger partial charge in [-0.15, -0.1) is 0 Å². The minimum Gasteiger partial charge on any atom is -0.366 e. The van der Waals surface area contributed by atoms with Crippen molar-refractivity contribution >= 4 is 27.7 Å². The van der Waals surface area contributed by atoms with Gasteiger partial charge < -0.3 is 10.3 Å². The maximum atomic E-state index is 12.9. The summed E-state index contributed by atoms with van der Waals surface area (Å²) in [6.07, 6.45) is -4.39. The summed E-state index contributed by atoms with van der Waals surface area (Å²) in [5.41, 5.74) is 9.54. The molecule has 0 fully saturated rings. The van der Waals surface area contributed by atoms with Crippen LogP contribution in [0, 0.1) is 13.8 Å². The van der Waals surface area contributed by atoms with Crippen molar-refractivity contribution in [1.82, 2.24) is 4.57 Å². The number of aromatic nitrogens is 1. The van der Waals surface area contributed by atoms with Crippen LogP contribution >= 0.6 is 0 Å². The number of halogens is 3. The first-order valence-electron chi connectivity index (χ1n) is 8.69. The summed E-state index contributed by atoms with van der Waals surface area (Å²) in [6.45, 7) is 3.98. The number of fused-ring (bicyclic) bond motifs is 3. The van der Waals surface area contributed by atoms with Crippen LogP contribution in [-0.2, 0) is 6.18 Å². The third kappa shape index (κ3) is 2.81. The van der Waals surface area contributed by atoms with Crippen molar-refractivity contribution in [2.45, 2.75) is 20.0 Å². The van der Waals surface area contributed by atoms with E-state index in [9.17, 15) is 18.0 Å². The lowest BCUT2D eigenvalue weighted by Gasteiger charge is -2.11. The molecule has 0 aliphatic heterocycles. The number of aryl methyl sites for hydroxylation is 2. The molecule has 4 rings (SSSR count). The van der Waals surface area contributed by atoms with Gasteiger partial charge in [-0.1, -0.05) is 0 Å². The number of primary amides is 1. The zero-order chi connectivity index (χ0) is 20.2. The number of amides is 1. The fourth-order valence-electron chi connectivity index (χ4n) is 3.51. The summed E-state index contributed by atoms with van der Waals surface area (Å²) in [4.78, 5) is 11.6. The molecule has 2 N–H and O–H groups in total. The highest BCUT2D eigenvalue weighted by molar-refractivity contribution is 6.12. The van der Waals surface area contributed by atoms with E-state index in [1.54, 1.807) is 18.2 Å². The van der Waals surface area contributed by atoms with Gasteiger partial charge in [0.1, 0.15) is 0 Å². The summed E-state index contributed by atoms with van der Waals surface area (Å²) in [5, 5.41) is 1.75. The Morgan fingerprint density at radius 2 is 1.46 bits per heavy atom. The van der Waals surface area contributed by atoms with E-state index in [2.05, 4.69) is 0 Å². The topological polar surface area (TPSA) is 48.0 Å². The van der Waals surface area contributed by atoms with Gasteiger partial charge in [-0.25, -0.2) is 0 Å². The molecule has 0 atom stereocenters. The van der Waals surface area contributed by atoms with Gasteiger partial charge >= 0.3 is 6.18 Å². The minimum absolute atomic E-state index is 0.386. The lowest BCUT2D eigenvalue weighted by atomic mass is 10.0. The first kappa shape index (κ1) is 18.1. The molecule has 3 nitrogen and oxygen atoms in total. The Morgan fingerprint density at radius 3 is 2.07 bits per heavy atom. The van der Waals surface area contributed by atoms with Gasteiger partial charge in [-0.05, 0) is 79.6 Å². The van der Waals surface area contributed by atoms with Crippen LogP contribution in [0.5, 0.6) is 0 Å². The van der Waals surface area contributed by atoms with Crippen LogP contribution in [0.4, 0.5) is 13.2 Å². The first-order chi connectivity index (χ1) is 13.2. The maximum Gasteiger partial charge on any atom is 0.416 e. The van der Waals surface area contributed by atoms with E-state index >= 15 is 0 Å². The van der Waals surface area contributed by atoms with Gasteiger partial charge in [0.15, 0.2) is 0 Å². The maximum absolute atomic E-state index is 12.9. The molecule has 0 saturated heterocycles. The lowest BCUT2D eigenvalue weighted by molar-refractivity contribution is -0.137. The number of hydrogen-bond acceptors (Lipinski definition) is 1. The van der Waals surface area contributed by atoms with E-state index in [-0.39, 0.29) is 0 Å². The van der Waals surface area contributed by atoms with Crippen molar-refractivity contribution in [3.05, 3.63) is 76.9 Å². The van der Waals surface area contributed by atoms with E-state index < -0.39 is 17.6 Å². The number of nitrogens with zero attached hydrogens (tertiary/aromatic N) is 1. The van der Waals surface area contributed by atoms with Crippen LogP contribution in [0.3, 0.4) is 0 Å². The van der Waals surface area contributed by atoms with Crippen LogP contribution in [0.25, 0.3) is 27.5 Å². The molecule has 0 aliphatic rings. The summed E-state index contributed by atoms with van der Waals surface area (Å²) in [6, 6.07) is 14.2. The molecule has 0 aliphatic carbocycles. The third-order valence-electron chi connectivity index (χ3n) is 5.12. The zero-order valence-electron chi connectivity index (χ0n) is 15.3. The Hall–Kier alpha value is -3.28. The molecule has 1 aromatic heterocycles. The van der Waals surface area contributed by atoms with Gasteiger partial charge in [0.2, 0.25) is 5.91 Å². The molecule has 1 heterocycles. The summed E-state index contributed by atoms with van der Waals surface area (Å²) in [7, 11) is 0. The highest BCUT2D eigenvalue weighted by atomic mass is 19.4. The number of nitrogens with two attached hydrogens (primary N) is 1. The van der Waals surface area contributed by atoms with Crippen molar-refractivity contribution in [2.24, 2.45) is 5.73 Å². The number of carbonyl (C=O) groups excluding carboxylic acids is 1.